The van der Waals surface area contributed by atoms with E-state index in [4.69, 9.17) is 4.74 Å². The van der Waals surface area contributed by atoms with E-state index in [2.05, 4.69) is 12.2 Å². The number of nitrogens with zero attached hydrogens (tertiary/aromatic N) is 1. The van der Waals surface area contributed by atoms with E-state index >= 15 is 0 Å². The van der Waals surface area contributed by atoms with Crippen molar-refractivity contribution < 1.29 is 9.53 Å². The molecule has 3 atom stereocenters. The zero-order valence-electron chi connectivity index (χ0n) is 10.9. The molecule has 0 bridgehead atoms. The van der Waals surface area contributed by atoms with E-state index in [9.17, 15) is 4.79 Å². The van der Waals surface area contributed by atoms with Crippen molar-refractivity contribution in [2.24, 2.45) is 5.92 Å². The molecule has 2 rings (SSSR count). The van der Waals surface area contributed by atoms with Crippen LogP contribution in [0.2, 0.25) is 0 Å². The lowest BCUT2D eigenvalue weighted by atomic mass is 10.0. The third-order valence-corrected chi connectivity index (χ3v) is 3.99. The van der Waals surface area contributed by atoms with Crippen LogP contribution in [0.25, 0.3) is 0 Å². The Morgan fingerprint density at radius 2 is 2.18 bits per heavy atom. The van der Waals surface area contributed by atoms with Gasteiger partial charge in [0.15, 0.2) is 0 Å². The van der Waals surface area contributed by atoms with Crippen LogP contribution in [0.15, 0.2) is 0 Å². The van der Waals surface area contributed by atoms with Crippen molar-refractivity contribution >= 4 is 6.03 Å². The average Bonchev–Trinajstić information content (AvgIpc) is 2.77. The first kappa shape index (κ1) is 12.7. The molecule has 4 heteroatoms. The summed E-state index contributed by atoms with van der Waals surface area (Å²) in [7, 11) is 1.75. The van der Waals surface area contributed by atoms with E-state index < -0.39 is 0 Å². The Kier molecular flexibility index (Phi) is 4.26. The number of carbonyl (C=O) groups is 1. The van der Waals surface area contributed by atoms with Gasteiger partial charge in [0.25, 0.3) is 0 Å². The van der Waals surface area contributed by atoms with E-state index in [0.29, 0.717) is 18.1 Å². The van der Waals surface area contributed by atoms with Gasteiger partial charge in [-0.3, -0.25) is 0 Å². The second kappa shape index (κ2) is 5.71. The van der Waals surface area contributed by atoms with Crippen LogP contribution in [0.5, 0.6) is 0 Å². The maximum atomic E-state index is 12.1. The lowest BCUT2D eigenvalue weighted by Crippen LogP contribution is -2.47. The number of carbonyl (C=O) groups excluding carboxylic acids is 1. The lowest BCUT2D eigenvalue weighted by Gasteiger charge is -2.32. The van der Waals surface area contributed by atoms with Crippen molar-refractivity contribution in [1.29, 1.82) is 0 Å². The molecule has 2 amide bonds. The maximum absolute atomic E-state index is 12.1. The normalized spacial score (nSPS) is 33.8. The van der Waals surface area contributed by atoms with Crippen molar-refractivity contribution in [2.75, 3.05) is 20.2 Å². The molecule has 4 nitrogen and oxygen atoms in total. The molecular weight excluding hydrogens is 216 g/mol. The molecule has 1 N–H and O–H groups in total. The summed E-state index contributed by atoms with van der Waals surface area (Å²) in [5, 5.41) is 3.14. The highest BCUT2D eigenvalue weighted by molar-refractivity contribution is 5.74. The molecule has 0 spiro atoms. The van der Waals surface area contributed by atoms with Gasteiger partial charge >= 0.3 is 6.03 Å². The molecule has 0 aromatic heterocycles. The summed E-state index contributed by atoms with van der Waals surface area (Å²) < 4.78 is 5.32. The Labute approximate surface area is 104 Å². The van der Waals surface area contributed by atoms with E-state index in [1.807, 2.05) is 4.90 Å². The highest BCUT2D eigenvalue weighted by atomic mass is 16.5. The molecule has 98 valence electrons. The number of rotatable bonds is 2. The lowest BCUT2D eigenvalue weighted by molar-refractivity contribution is 0.106. The van der Waals surface area contributed by atoms with Crippen LogP contribution in [0.3, 0.4) is 0 Å². The Morgan fingerprint density at radius 3 is 2.82 bits per heavy atom. The summed E-state index contributed by atoms with van der Waals surface area (Å²) in [4.78, 5) is 14.0. The summed E-state index contributed by atoms with van der Waals surface area (Å²) in [6, 6.07) is 0.433. The van der Waals surface area contributed by atoms with E-state index in [-0.39, 0.29) is 6.03 Å². The van der Waals surface area contributed by atoms with Gasteiger partial charge in [-0.25, -0.2) is 4.79 Å². The van der Waals surface area contributed by atoms with Crippen LogP contribution in [0.1, 0.15) is 39.0 Å². The van der Waals surface area contributed by atoms with E-state index in [0.717, 1.165) is 38.8 Å². The molecule has 0 radical (unpaired) electrons. The maximum Gasteiger partial charge on any atom is 0.317 e. The average molecular weight is 240 g/mol. The minimum absolute atomic E-state index is 0.123. The zero-order valence-corrected chi connectivity index (χ0v) is 10.9. The SMILES string of the molecule is COC1CCC(NC(=O)N2CCCC(C)C2)C1. The van der Waals surface area contributed by atoms with Crippen LogP contribution < -0.4 is 5.32 Å². The van der Waals surface area contributed by atoms with Gasteiger partial charge in [0.1, 0.15) is 0 Å². The van der Waals surface area contributed by atoms with E-state index in [1.165, 1.54) is 6.42 Å². The van der Waals surface area contributed by atoms with Crippen molar-refractivity contribution in [1.82, 2.24) is 10.2 Å². The quantitative estimate of drug-likeness (QED) is 0.802. The second-order valence-corrected chi connectivity index (χ2v) is 5.51. The summed E-state index contributed by atoms with van der Waals surface area (Å²) in [6.07, 6.45) is 5.80. The predicted molar refractivity (Wildman–Crippen MR) is 66.9 cm³/mol. The largest absolute Gasteiger partial charge is 0.381 e. The van der Waals surface area contributed by atoms with Gasteiger partial charge in [-0.2, -0.15) is 0 Å². The second-order valence-electron chi connectivity index (χ2n) is 5.51. The van der Waals surface area contributed by atoms with Gasteiger partial charge < -0.3 is 15.0 Å². The van der Waals surface area contributed by atoms with Crippen LogP contribution in [0.4, 0.5) is 4.79 Å². The number of hydrogen-bond donors (Lipinski definition) is 1. The standard InChI is InChI=1S/C13H24N2O2/c1-10-4-3-7-15(9-10)13(16)14-11-5-6-12(8-11)17-2/h10-12H,3-9H2,1-2H3,(H,14,16). The first-order valence-electron chi connectivity index (χ1n) is 6.77. The topological polar surface area (TPSA) is 41.6 Å². The minimum Gasteiger partial charge on any atom is -0.381 e. The Hall–Kier alpha value is -0.770. The molecule has 1 aliphatic carbocycles. The third-order valence-electron chi connectivity index (χ3n) is 3.99. The van der Waals surface area contributed by atoms with Gasteiger partial charge in [-0.15, -0.1) is 0 Å². The van der Waals surface area contributed by atoms with Crippen molar-refractivity contribution in [3.05, 3.63) is 0 Å². The van der Waals surface area contributed by atoms with Crippen molar-refractivity contribution in [3.63, 3.8) is 0 Å². The first-order chi connectivity index (χ1) is 8.19. The molecule has 1 saturated carbocycles. The Balaban J connectivity index is 1.77. The predicted octanol–water partition coefficient (Wildman–Crippen LogP) is 2.00. The van der Waals surface area contributed by atoms with Gasteiger partial charge in [-0.1, -0.05) is 6.92 Å². The summed E-state index contributed by atoms with van der Waals surface area (Å²) in [5.41, 5.74) is 0. The van der Waals surface area contributed by atoms with Crippen LogP contribution in [-0.4, -0.2) is 43.3 Å². The fourth-order valence-electron chi connectivity index (χ4n) is 2.93. The number of amides is 2. The molecule has 2 aliphatic rings. The number of urea groups is 1. The molecule has 2 fully saturated rings. The molecule has 0 aromatic rings. The smallest absolute Gasteiger partial charge is 0.317 e. The van der Waals surface area contributed by atoms with Crippen molar-refractivity contribution in [3.8, 4) is 0 Å². The number of hydrogen-bond acceptors (Lipinski definition) is 2. The molecule has 1 aliphatic heterocycles. The zero-order chi connectivity index (χ0) is 12.3. The number of methoxy groups -OCH3 is 1. The van der Waals surface area contributed by atoms with Gasteiger partial charge in [0.2, 0.25) is 0 Å². The molecule has 3 unspecified atom stereocenters. The van der Waals surface area contributed by atoms with Crippen molar-refractivity contribution in [2.45, 2.75) is 51.2 Å². The number of piperidine rings is 1. The highest BCUT2D eigenvalue weighted by Crippen LogP contribution is 2.22. The van der Waals surface area contributed by atoms with Gasteiger partial charge in [0.05, 0.1) is 6.10 Å². The molecule has 0 aromatic carbocycles. The first-order valence-corrected chi connectivity index (χ1v) is 6.77. The fourth-order valence-corrected chi connectivity index (χ4v) is 2.93. The highest BCUT2D eigenvalue weighted by Gasteiger charge is 2.28. The molecule has 1 saturated heterocycles. The third kappa shape index (κ3) is 3.35. The Morgan fingerprint density at radius 1 is 1.35 bits per heavy atom. The van der Waals surface area contributed by atoms with Crippen LogP contribution in [0, 0.1) is 5.92 Å². The van der Waals surface area contributed by atoms with Crippen LogP contribution >= 0.6 is 0 Å². The number of ether oxygens (including phenoxy) is 1. The molecule has 17 heavy (non-hydrogen) atoms. The number of likely N-dealkylation sites (tertiary alicyclic amines) is 1. The van der Waals surface area contributed by atoms with Gasteiger partial charge in [-0.05, 0) is 38.0 Å². The summed E-state index contributed by atoms with van der Waals surface area (Å²) >= 11 is 0. The monoisotopic (exact) mass is 240 g/mol. The summed E-state index contributed by atoms with van der Waals surface area (Å²) in [5.74, 6) is 0.643. The molecule has 1 heterocycles. The number of nitrogens with one attached hydrogen (secondary N) is 1. The molecular formula is C13H24N2O2. The van der Waals surface area contributed by atoms with E-state index in [1.54, 1.807) is 7.11 Å². The Bertz CT molecular complexity index is 270. The fraction of sp³-hybridized carbons (Fsp3) is 0.923. The summed E-state index contributed by atoms with van der Waals surface area (Å²) in [6.45, 7) is 4.04. The van der Waals surface area contributed by atoms with Crippen LogP contribution in [-0.2, 0) is 4.74 Å². The van der Waals surface area contributed by atoms with Gasteiger partial charge in [0, 0.05) is 26.2 Å². The minimum atomic E-state index is 0.123.